The Labute approximate surface area is 179 Å². The standard InChI is InChI=1S/C21H22BrN3O3S/c1-25-13-3-6-19(25)24-29(27,28)18-5-2-4-17(14-18)23-20(26)21(11-12-21)15-7-9-16(22)10-8-15/h2,4-5,7-10,14H,3,6,11-13H2,1H3,(H,23,26)/b24-19+. The number of hydrogen-bond acceptors (Lipinski definition) is 3. The second kappa shape index (κ2) is 7.57. The number of likely N-dealkylation sites (tertiary alicyclic amines) is 1. The van der Waals surface area contributed by atoms with E-state index < -0.39 is 15.4 Å². The molecule has 1 N–H and O–H groups in total. The van der Waals surface area contributed by atoms with Gasteiger partial charge in [-0.05, 0) is 55.2 Å². The molecule has 2 fully saturated rings. The van der Waals surface area contributed by atoms with Crippen molar-refractivity contribution in [1.82, 2.24) is 4.90 Å². The Bertz CT molecular complexity index is 1080. The maximum absolute atomic E-state index is 13.0. The minimum absolute atomic E-state index is 0.0802. The summed E-state index contributed by atoms with van der Waals surface area (Å²) in [5, 5.41) is 2.90. The largest absolute Gasteiger partial charge is 0.362 e. The highest BCUT2D eigenvalue weighted by Gasteiger charge is 2.51. The first-order chi connectivity index (χ1) is 13.8. The SMILES string of the molecule is CN1CCC/C1=N\S(=O)(=O)c1cccc(NC(=O)C2(c3ccc(Br)cc3)CC2)c1. The summed E-state index contributed by atoms with van der Waals surface area (Å²) in [5.74, 6) is 0.461. The van der Waals surface area contributed by atoms with Crippen molar-refractivity contribution in [3.8, 4) is 0 Å². The van der Waals surface area contributed by atoms with E-state index in [1.54, 1.807) is 12.1 Å². The van der Waals surface area contributed by atoms with E-state index in [2.05, 4.69) is 25.6 Å². The van der Waals surface area contributed by atoms with Gasteiger partial charge in [-0.15, -0.1) is 4.40 Å². The number of benzene rings is 2. The van der Waals surface area contributed by atoms with Crippen LogP contribution >= 0.6 is 15.9 Å². The Balaban J connectivity index is 1.55. The first-order valence-electron chi connectivity index (χ1n) is 9.53. The highest BCUT2D eigenvalue weighted by molar-refractivity contribution is 9.10. The third kappa shape index (κ3) is 4.09. The molecule has 1 amide bonds. The van der Waals surface area contributed by atoms with Gasteiger partial charge in [-0.3, -0.25) is 4.79 Å². The number of sulfonamides is 1. The number of carbonyl (C=O) groups is 1. The summed E-state index contributed by atoms with van der Waals surface area (Å²) in [7, 11) is -1.98. The average Bonchev–Trinajstić information content (AvgIpc) is 3.41. The topological polar surface area (TPSA) is 78.8 Å². The summed E-state index contributed by atoms with van der Waals surface area (Å²) in [6, 6.07) is 14.1. The summed E-state index contributed by atoms with van der Waals surface area (Å²) in [5.41, 5.74) is 0.889. The van der Waals surface area contributed by atoms with Gasteiger partial charge in [0.15, 0.2) is 0 Å². The van der Waals surface area contributed by atoms with Crippen LogP contribution in [0.5, 0.6) is 0 Å². The maximum Gasteiger partial charge on any atom is 0.284 e. The van der Waals surface area contributed by atoms with Crippen molar-refractivity contribution in [1.29, 1.82) is 0 Å². The monoisotopic (exact) mass is 475 g/mol. The predicted molar refractivity (Wildman–Crippen MR) is 117 cm³/mol. The quantitative estimate of drug-likeness (QED) is 0.710. The van der Waals surface area contributed by atoms with E-state index in [1.807, 2.05) is 36.2 Å². The maximum atomic E-state index is 13.0. The normalized spacial score (nSPS) is 19.4. The Morgan fingerprint density at radius 3 is 2.52 bits per heavy atom. The lowest BCUT2D eigenvalue weighted by Crippen LogP contribution is -2.27. The molecule has 4 rings (SSSR count). The van der Waals surface area contributed by atoms with Gasteiger partial charge in [0.25, 0.3) is 10.0 Å². The number of nitrogens with zero attached hydrogens (tertiary/aromatic N) is 2. The van der Waals surface area contributed by atoms with Crippen molar-refractivity contribution >= 4 is 43.4 Å². The molecular formula is C21H22BrN3O3S. The number of nitrogens with one attached hydrogen (secondary N) is 1. The Hall–Kier alpha value is -2.19. The van der Waals surface area contributed by atoms with Crippen LogP contribution in [-0.2, 0) is 20.2 Å². The van der Waals surface area contributed by atoms with Crippen molar-refractivity contribution in [2.24, 2.45) is 4.40 Å². The molecule has 8 heteroatoms. The highest BCUT2D eigenvalue weighted by Crippen LogP contribution is 2.49. The van der Waals surface area contributed by atoms with Gasteiger partial charge in [-0.2, -0.15) is 8.42 Å². The molecule has 1 aliphatic heterocycles. The average molecular weight is 476 g/mol. The second-order valence-corrected chi connectivity index (χ2v) is 10.1. The molecule has 0 radical (unpaired) electrons. The Morgan fingerprint density at radius 1 is 1.17 bits per heavy atom. The molecule has 0 spiro atoms. The molecular weight excluding hydrogens is 454 g/mol. The molecule has 1 saturated heterocycles. The van der Waals surface area contributed by atoms with Gasteiger partial charge in [-0.1, -0.05) is 34.1 Å². The molecule has 0 aromatic heterocycles. The van der Waals surface area contributed by atoms with E-state index in [0.717, 1.165) is 35.8 Å². The van der Waals surface area contributed by atoms with Crippen LogP contribution in [0.3, 0.4) is 0 Å². The van der Waals surface area contributed by atoms with Gasteiger partial charge >= 0.3 is 0 Å². The number of carbonyl (C=O) groups excluding carboxylic acids is 1. The molecule has 0 atom stereocenters. The predicted octanol–water partition coefficient (Wildman–Crippen LogP) is 3.93. The van der Waals surface area contributed by atoms with E-state index in [4.69, 9.17) is 0 Å². The number of amides is 1. The molecule has 152 valence electrons. The second-order valence-electron chi connectivity index (χ2n) is 7.58. The van der Waals surface area contributed by atoms with Crippen molar-refractivity contribution in [3.63, 3.8) is 0 Å². The summed E-state index contributed by atoms with van der Waals surface area (Å²) in [6.45, 7) is 0.808. The van der Waals surface area contributed by atoms with Crippen LogP contribution in [0.2, 0.25) is 0 Å². The molecule has 6 nitrogen and oxygen atoms in total. The van der Waals surface area contributed by atoms with Gasteiger partial charge in [0.1, 0.15) is 5.84 Å². The first kappa shape index (κ1) is 20.1. The minimum Gasteiger partial charge on any atom is -0.362 e. The van der Waals surface area contributed by atoms with Crippen LogP contribution in [0.4, 0.5) is 5.69 Å². The van der Waals surface area contributed by atoms with E-state index in [1.165, 1.54) is 12.1 Å². The van der Waals surface area contributed by atoms with Gasteiger partial charge in [0, 0.05) is 30.2 Å². The lowest BCUT2D eigenvalue weighted by molar-refractivity contribution is -0.118. The summed E-state index contributed by atoms with van der Waals surface area (Å²) in [4.78, 5) is 14.9. The fraction of sp³-hybridized carbons (Fsp3) is 0.333. The van der Waals surface area contributed by atoms with E-state index >= 15 is 0 Å². The van der Waals surface area contributed by atoms with Gasteiger partial charge in [-0.25, -0.2) is 0 Å². The van der Waals surface area contributed by atoms with Crippen LogP contribution in [-0.4, -0.2) is 38.7 Å². The fourth-order valence-corrected chi connectivity index (χ4v) is 5.03. The molecule has 2 aromatic rings. The molecule has 0 bridgehead atoms. The third-order valence-electron chi connectivity index (χ3n) is 5.53. The number of anilines is 1. The number of halogens is 1. The zero-order chi connectivity index (χ0) is 20.6. The van der Waals surface area contributed by atoms with Crippen molar-refractivity contribution < 1.29 is 13.2 Å². The van der Waals surface area contributed by atoms with Gasteiger partial charge in [0.2, 0.25) is 5.91 Å². The first-order valence-corrected chi connectivity index (χ1v) is 11.8. The number of amidine groups is 1. The lowest BCUT2D eigenvalue weighted by Gasteiger charge is -2.16. The van der Waals surface area contributed by atoms with Crippen molar-refractivity contribution in [2.45, 2.75) is 36.0 Å². The van der Waals surface area contributed by atoms with Crippen LogP contribution in [0.25, 0.3) is 0 Å². The van der Waals surface area contributed by atoms with Crippen LogP contribution in [0, 0.1) is 0 Å². The molecule has 1 saturated carbocycles. The zero-order valence-electron chi connectivity index (χ0n) is 16.1. The van der Waals surface area contributed by atoms with Crippen molar-refractivity contribution in [3.05, 3.63) is 58.6 Å². The minimum atomic E-state index is -3.82. The van der Waals surface area contributed by atoms with Crippen LogP contribution in [0.1, 0.15) is 31.2 Å². The summed E-state index contributed by atoms with van der Waals surface area (Å²) >= 11 is 3.41. The van der Waals surface area contributed by atoms with Crippen LogP contribution in [0.15, 0.2) is 62.3 Å². The fourth-order valence-electron chi connectivity index (χ4n) is 3.63. The van der Waals surface area contributed by atoms with E-state index in [9.17, 15) is 13.2 Å². The highest BCUT2D eigenvalue weighted by atomic mass is 79.9. The zero-order valence-corrected chi connectivity index (χ0v) is 18.5. The third-order valence-corrected chi connectivity index (χ3v) is 7.36. The Morgan fingerprint density at radius 2 is 1.90 bits per heavy atom. The molecule has 2 aromatic carbocycles. The van der Waals surface area contributed by atoms with Gasteiger partial charge in [0.05, 0.1) is 10.3 Å². The molecule has 29 heavy (non-hydrogen) atoms. The van der Waals surface area contributed by atoms with Gasteiger partial charge < -0.3 is 10.2 Å². The molecule has 0 unspecified atom stereocenters. The van der Waals surface area contributed by atoms with E-state index in [-0.39, 0.29) is 10.8 Å². The summed E-state index contributed by atoms with van der Waals surface area (Å²) < 4.78 is 30.4. The molecule has 1 aliphatic carbocycles. The Kier molecular flexibility index (Phi) is 5.25. The van der Waals surface area contributed by atoms with E-state index in [0.29, 0.717) is 17.9 Å². The molecule has 1 heterocycles. The van der Waals surface area contributed by atoms with Crippen LogP contribution < -0.4 is 5.32 Å². The molecule has 2 aliphatic rings. The lowest BCUT2D eigenvalue weighted by atomic mass is 9.95. The van der Waals surface area contributed by atoms with Crippen molar-refractivity contribution in [2.75, 3.05) is 18.9 Å². The smallest absolute Gasteiger partial charge is 0.284 e. The number of rotatable bonds is 5. The summed E-state index contributed by atoms with van der Waals surface area (Å²) in [6.07, 6.45) is 3.11. The number of hydrogen-bond donors (Lipinski definition) is 1.